The number of nitro groups is 1. The van der Waals surface area contributed by atoms with Crippen molar-refractivity contribution < 1.29 is 19.9 Å². The Morgan fingerprint density at radius 1 is 1.32 bits per heavy atom. The van der Waals surface area contributed by atoms with E-state index in [0.29, 0.717) is 5.69 Å². The maximum Gasteiger partial charge on any atom is 0.315 e. The van der Waals surface area contributed by atoms with Crippen molar-refractivity contribution in [1.29, 1.82) is 5.26 Å². The molecule has 25 heavy (non-hydrogen) atoms. The van der Waals surface area contributed by atoms with Crippen molar-refractivity contribution in [1.82, 2.24) is 0 Å². The van der Waals surface area contributed by atoms with Crippen molar-refractivity contribution in [2.75, 3.05) is 5.32 Å². The number of hydrogen-bond acceptors (Lipinski definition) is 6. The summed E-state index contributed by atoms with van der Waals surface area (Å²) in [6.07, 6.45) is 1.08. The first kappa shape index (κ1) is 17.5. The normalized spacial score (nSPS) is 10.8. The number of phenolic OH excluding ortho intramolecular Hbond substituents is 2. The molecule has 0 atom stereocenters. The van der Waals surface area contributed by atoms with Gasteiger partial charge in [-0.3, -0.25) is 14.9 Å². The molecule has 3 N–H and O–H groups in total. The molecule has 2 aromatic carbocycles. The van der Waals surface area contributed by atoms with Gasteiger partial charge in [0.25, 0.3) is 5.91 Å². The minimum atomic E-state index is -0.884. The van der Waals surface area contributed by atoms with E-state index in [1.54, 1.807) is 24.3 Å². The maximum absolute atomic E-state index is 12.2. The Bertz CT molecular complexity index is 928. The lowest BCUT2D eigenvalue weighted by atomic mass is 10.1. The number of amides is 1. The highest BCUT2D eigenvalue weighted by atomic mass is 16.6. The highest BCUT2D eigenvalue weighted by molar-refractivity contribution is 6.09. The first-order chi connectivity index (χ1) is 11.8. The van der Waals surface area contributed by atoms with Crippen LogP contribution in [0.5, 0.6) is 11.5 Å². The van der Waals surface area contributed by atoms with Crippen molar-refractivity contribution in [2.24, 2.45) is 0 Å². The second kappa shape index (κ2) is 7.14. The first-order valence-electron chi connectivity index (χ1n) is 7.02. The van der Waals surface area contributed by atoms with E-state index in [-0.39, 0.29) is 11.1 Å². The average Bonchev–Trinajstić information content (AvgIpc) is 2.55. The van der Waals surface area contributed by atoms with Gasteiger partial charge >= 0.3 is 5.69 Å². The number of anilines is 1. The lowest BCUT2D eigenvalue weighted by Gasteiger charge is -2.06. The molecule has 0 bridgehead atoms. The monoisotopic (exact) mass is 339 g/mol. The zero-order valence-electron chi connectivity index (χ0n) is 13.1. The van der Waals surface area contributed by atoms with Gasteiger partial charge in [0.2, 0.25) is 5.75 Å². The van der Waals surface area contributed by atoms with Crippen LogP contribution < -0.4 is 5.32 Å². The highest BCUT2D eigenvalue weighted by Gasteiger charge is 2.19. The number of carbonyl (C=O) groups excluding carboxylic acids is 1. The molecule has 8 heteroatoms. The van der Waals surface area contributed by atoms with Gasteiger partial charge in [-0.2, -0.15) is 5.26 Å². The fourth-order valence-electron chi connectivity index (χ4n) is 2.08. The summed E-state index contributed by atoms with van der Waals surface area (Å²) in [4.78, 5) is 22.2. The van der Waals surface area contributed by atoms with Gasteiger partial charge in [0.1, 0.15) is 11.6 Å². The highest BCUT2D eigenvalue weighted by Crippen LogP contribution is 2.36. The van der Waals surface area contributed by atoms with Gasteiger partial charge in [0.15, 0.2) is 5.75 Å². The van der Waals surface area contributed by atoms with Crippen LogP contribution in [0.15, 0.2) is 42.0 Å². The summed E-state index contributed by atoms with van der Waals surface area (Å²) in [7, 11) is 0. The number of carbonyl (C=O) groups is 1. The number of benzene rings is 2. The number of phenols is 2. The van der Waals surface area contributed by atoms with Crippen molar-refractivity contribution in [2.45, 2.75) is 6.92 Å². The van der Waals surface area contributed by atoms with Gasteiger partial charge in [-0.1, -0.05) is 12.1 Å². The Balaban J connectivity index is 2.35. The maximum atomic E-state index is 12.2. The molecular formula is C17H13N3O5. The minimum absolute atomic E-state index is 0.0259. The number of nitrogens with one attached hydrogen (secondary N) is 1. The molecule has 8 nitrogen and oxygen atoms in total. The third-order valence-electron chi connectivity index (χ3n) is 3.24. The van der Waals surface area contributed by atoms with Crippen LogP contribution in [0.4, 0.5) is 11.4 Å². The van der Waals surface area contributed by atoms with Gasteiger partial charge in [-0.25, -0.2) is 0 Å². The predicted octanol–water partition coefficient (Wildman–Crippen LogP) is 2.86. The number of rotatable bonds is 4. The van der Waals surface area contributed by atoms with E-state index in [1.165, 1.54) is 0 Å². The summed E-state index contributed by atoms with van der Waals surface area (Å²) in [5.41, 5.74) is 0.381. The van der Waals surface area contributed by atoms with E-state index in [9.17, 15) is 25.1 Å². The number of aromatic hydroxyl groups is 2. The van der Waals surface area contributed by atoms with E-state index in [2.05, 4.69) is 5.32 Å². The van der Waals surface area contributed by atoms with Crippen LogP contribution in [0.1, 0.15) is 11.1 Å². The number of aryl methyl sites for hydroxylation is 1. The molecule has 2 rings (SSSR count). The molecule has 0 radical (unpaired) electrons. The largest absolute Gasteiger partial charge is 0.504 e. The summed E-state index contributed by atoms with van der Waals surface area (Å²) in [5, 5.41) is 41.6. The lowest BCUT2D eigenvalue weighted by Crippen LogP contribution is -2.13. The van der Waals surface area contributed by atoms with Gasteiger partial charge in [0.05, 0.1) is 4.92 Å². The van der Waals surface area contributed by atoms with Crippen LogP contribution >= 0.6 is 0 Å². The van der Waals surface area contributed by atoms with E-state index >= 15 is 0 Å². The Labute approximate surface area is 142 Å². The van der Waals surface area contributed by atoms with Crippen molar-refractivity contribution >= 4 is 23.4 Å². The van der Waals surface area contributed by atoms with E-state index in [0.717, 1.165) is 23.8 Å². The zero-order valence-corrected chi connectivity index (χ0v) is 13.1. The third kappa shape index (κ3) is 4.11. The molecule has 0 saturated carbocycles. The molecular weight excluding hydrogens is 326 g/mol. The van der Waals surface area contributed by atoms with Gasteiger partial charge < -0.3 is 15.5 Å². The van der Waals surface area contributed by atoms with Crippen LogP contribution in [-0.2, 0) is 4.79 Å². The SMILES string of the molecule is Cc1cccc(NC(=O)/C(C#N)=C/c2cc(O)c(O)c([N+](=O)[O-])c2)c1. The number of nitriles is 1. The minimum Gasteiger partial charge on any atom is -0.504 e. The smallest absolute Gasteiger partial charge is 0.315 e. The fraction of sp³-hybridized carbons (Fsp3) is 0.0588. The third-order valence-corrected chi connectivity index (χ3v) is 3.24. The molecule has 0 heterocycles. The molecule has 0 aliphatic rings. The standard InChI is InChI=1S/C17H13N3O5/c1-10-3-2-4-13(5-10)19-17(23)12(9-18)6-11-7-14(20(24)25)16(22)15(21)8-11/h2-8,21-22H,1H3,(H,19,23)/b12-6+. The molecule has 0 saturated heterocycles. The van der Waals surface area contributed by atoms with E-state index < -0.39 is 28.0 Å². The van der Waals surface area contributed by atoms with Crippen LogP contribution in [0.3, 0.4) is 0 Å². The van der Waals surface area contributed by atoms with Crippen molar-refractivity contribution in [3.05, 3.63) is 63.2 Å². The number of nitro benzene ring substituents is 1. The molecule has 0 aliphatic carbocycles. The summed E-state index contributed by atoms with van der Waals surface area (Å²) >= 11 is 0. The second-order valence-electron chi connectivity index (χ2n) is 5.16. The van der Waals surface area contributed by atoms with Gasteiger partial charge in [0, 0.05) is 11.8 Å². The molecule has 0 fully saturated rings. The van der Waals surface area contributed by atoms with Crippen molar-refractivity contribution in [3.63, 3.8) is 0 Å². The van der Waals surface area contributed by atoms with E-state index in [1.807, 2.05) is 13.0 Å². The lowest BCUT2D eigenvalue weighted by molar-refractivity contribution is -0.386. The molecule has 1 amide bonds. The number of nitrogens with zero attached hydrogens (tertiary/aromatic N) is 2. The second-order valence-corrected chi connectivity index (χ2v) is 5.16. The average molecular weight is 339 g/mol. The number of hydrogen-bond donors (Lipinski definition) is 3. The summed E-state index contributed by atoms with van der Waals surface area (Å²) in [6.45, 7) is 1.84. The van der Waals surface area contributed by atoms with Crippen LogP contribution in [0.2, 0.25) is 0 Å². The van der Waals surface area contributed by atoms with Crippen molar-refractivity contribution in [3.8, 4) is 17.6 Å². The van der Waals surface area contributed by atoms with Gasteiger partial charge in [-0.05, 0) is 42.3 Å². The first-order valence-corrected chi connectivity index (χ1v) is 7.02. The summed E-state index contributed by atoms with van der Waals surface area (Å²) < 4.78 is 0. The molecule has 0 spiro atoms. The fourth-order valence-corrected chi connectivity index (χ4v) is 2.08. The quantitative estimate of drug-likeness (QED) is 0.257. The van der Waals surface area contributed by atoms with E-state index in [4.69, 9.17) is 5.26 Å². The molecule has 0 aliphatic heterocycles. The summed E-state index contributed by atoms with van der Waals surface area (Å²) in [5.74, 6) is -2.31. The molecule has 0 unspecified atom stereocenters. The Kier molecular flexibility index (Phi) is 5.00. The Morgan fingerprint density at radius 2 is 2.04 bits per heavy atom. The van der Waals surface area contributed by atoms with Crippen LogP contribution in [0.25, 0.3) is 6.08 Å². The predicted molar refractivity (Wildman–Crippen MR) is 89.8 cm³/mol. The van der Waals surface area contributed by atoms with Crippen LogP contribution in [-0.4, -0.2) is 21.0 Å². The summed E-state index contributed by atoms with van der Waals surface area (Å²) in [6, 6.07) is 10.6. The molecule has 0 aromatic heterocycles. The van der Waals surface area contributed by atoms with Gasteiger partial charge in [-0.15, -0.1) is 0 Å². The molecule has 126 valence electrons. The Hall–Kier alpha value is -3.86. The van der Waals surface area contributed by atoms with Crippen LogP contribution in [0, 0.1) is 28.4 Å². The topological polar surface area (TPSA) is 136 Å². The Morgan fingerprint density at radius 3 is 2.64 bits per heavy atom. The zero-order chi connectivity index (χ0) is 18.6. The molecule has 2 aromatic rings.